The molecule has 0 aliphatic carbocycles. The quantitative estimate of drug-likeness (QED) is 0.552. The molecule has 0 fully saturated rings. The maximum atomic E-state index is 12.5. The van der Waals surface area contributed by atoms with Crippen molar-refractivity contribution in [1.82, 2.24) is 0 Å². The minimum absolute atomic E-state index is 0.0286. The topological polar surface area (TPSA) is 122 Å². The van der Waals surface area contributed by atoms with Gasteiger partial charge in [-0.05, 0) is 79.1 Å². The first-order valence-electron chi connectivity index (χ1n) is 9.47. The van der Waals surface area contributed by atoms with Crippen LogP contribution in [0.25, 0.3) is 0 Å². The van der Waals surface area contributed by atoms with Crippen molar-refractivity contribution in [3.63, 3.8) is 0 Å². The predicted molar refractivity (Wildman–Crippen MR) is 122 cm³/mol. The fourth-order valence-electron chi connectivity index (χ4n) is 3.07. The number of nitrogens with one attached hydrogen (secondary N) is 1. The van der Waals surface area contributed by atoms with Crippen molar-refractivity contribution in [3.8, 4) is 17.6 Å². The van der Waals surface area contributed by atoms with Gasteiger partial charge in [-0.1, -0.05) is 17.7 Å². The molecule has 164 valence electrons. The predicted octanol–water partition coefficient (Wildman–Crippen LogP) is 4.45. The van der Waals surface area contributed by atoms with Crippen LogP contribution in [0, 0.1) is 25.2 Å². The molecule has 0 aromatic heterocycles. The number of carbonyl (C=O) groups excluding carboxylic acids is 1. The summed E-state index contributed by atoms with van der Waals surface area (Å²) in [5, 5.41) is 17.3. The second-order valence-corrected chi connectivity index (χ2v) is 9.15. The highest BCUT2D eigenvalue weighted by Crippen LogP contribution is 2.31. The summed E-state index contributed by atoms with van der Waals surface area (Å²) in [5.74, 6) is 0.791. The van der Waals surface area contributed by atoms with Gasteiger partial charge >= 0.3 is 0 Å². The standard InChI is InChI=1S/C23H20ClN3O4S/c1-14-15(2)22(31-20-10-16(13-25)9-18(24)12-20)8-3-17(14)11-23(28)27-19-4-6-21(7-5-19)32(26,29)30/h3-10,12H,11H2,1-2H3,(H,27,28)(H2,26,29,30). The third kappa shape index (κ3) is 5.65. The number of nitrogens with zero attached hydrogens (tertiary/aromatic N) is 1. The van der Waals surface area contributed by atoms with Crippen LogP contribution in [0.2, 0.25) is 5.02 Å². The van der Waals surface area contributed by atoms with Crippen molar-refractivity contribution >= 4 is 33.2 Å². The Kier molecular flexibility index (Phi) is 6.84. The first-order chi connectivity index (χ1) is 15.1. The van der Waals surface area contributed by atoms with E-state index in [1.807, 2.05) is 19.9 Å². The number of nitrogens with two attached hydrogens (primary N) is 1. The van der Waals surface area contributed by atoms with Crippen LogP contribution in [0.5, 0.6) is 11.5 Å². The van der Waals surface area contributed by atoms with E-state index in [0.29, 0.717) is 27.8 Å². The molecule has 0 atom stereocenters. The zero-order valence-electron chi connectivity index (χ0n) is 17.3. The molecule has 0 saturated carbocycles. The highest BCUT2D eigenvalue weighted by Gasteiger charge is 2.13. The number of sulfonamides is 1. The normalized spacial score (nSPS) is 11.0. The number of benzene rings is 3. The molecule has 9 heteroatoms. The minimum Gasteiger partial charge on any atom is -0.457 e. The Morgan fingerprint density at radius 3 is 2.41 bits per heavy atom. The van der Waals surface area contributed by atoms with E-state index in [2.05, 4.69) is 5.32 Å². The SMILES string of the molecule is Cc1c(CC(=O)Nc2ccc(S(N)(=O)=O)cc2)ccc(Oc2cc(Cl)cc(C#N)c2)c1C. The Hall–Kier alpha value is -3.38. The Bertz CT molecular complexity index is 1330. The van der Waals surface area contributed by atoms with Gasteiger partial charge in [-0.25, -0.2) is 13.6 Å². The molecule has 3 aromatic rings. The van der Waals surface area contributed by atoms with Gasteiger partial charge in [0.25, 0.3) is 0 Å². The molecule has 0 heterocycles. The Morgan fingerprint density at radius 2 is 1.78 bits per heavy atom. The van der Waals surface area contributed by atoms with Crippen molar-refractivity contribution in [2.75, 3.05) is 5.32 Å². The number of ether oxygens (including phenoxy) is 1. The zero-order chi connectivity index (χ0) is 23.5. The zero-order valence-corrected chi connectivity index (χ0v) is 18.9. The summed E-state index contributed by atoms with van der Waals surface area (Å²) in [6.45, 7) is 3.78. The first kappa shape index (κ1) is 23.3. The highest BCUT2D eigenvalue weighted by atomic mass is 35.5. The Balaban J connectivity index is 1.73. The number of carbonyl (C=O) groups is 1. The summed E-state index contributed by atoms with van der Waals surface area (Å²) in [6, 6.07) is 16.0. The van der Waals surface area contributed by atoms with E-state index in [1.165, 1.54) is 24.3 Å². The molecule has 0 saturated heterocycles. The van der Waals surface area contributed by atoms with Gasteiger partial charge < -0.3 is 10.1 Å². The molecule has 0 bridgehead atoms. The van der Waals surface area contributed by atoms with Gasteiger partial charge in [-0.3, -0.25) is 4.79 Å². The molecule has 32 heavy (non-hydrogen) atoms. The molecular formula is C23H20ClN3O4S. The van der Waals surface area contributed by atoms with Gasteiger partial charge in [0.2, 0.25) is 15.9 Å². The molecule has 0 aliphatic heterocycles. The lowest BCUT2D eigenvalue weighted by molar-refractivity contribution is -0.115. The van der Waals surface area contributed by atoms with E-state index in [4.69, 9.17) is 26.7 Å². The molecule has 7 nitrogen and oxygen atoms in total. The van der Waals surface area contributed by atoms with E-state index in [0.717, 1.165) is 16.7 Å². The smallest absolute Gasteiger partial charge is 0.238 e. The highest BCUT2D eigenvalue weighted by molar-refractivity contribution is 7.89. The van der Waals surface area contributed by atoms with E-state index < -0.39 is 10.0 Å². The third-order valence-electron chi connectivity index (χ3n) is 4.90. The van der Waals surface area contributed by atoms with E-state index >= 15 is 0 Å². The fraction of sp³-hybridized carbons (Fsp3) is 0.130. The number of hydrogen-bond donors (Lipinski definition) is 2. The van der Waals surface area contributed by atoms with Crippen molar-refractivity contribution in [2.45, 2.75) is 25.2 Å². The molecule has 3 N–H and O–H groups in total. The summed E-state index contributed by atoms with van der Waals surface area (Å²) < 4.78 is 28.6. The maximum absolute atomic E-state index is 12.5. The number of halogens is 1. The lowest BCUT2D eigenvalue weighted by atomic mass is 9.99. The van der Waals surface area contributed by atoms with Gasteiger partial charge in [0, 0.05) is 10.7 Å². The lowest BCUT2D eigenvalue weighted by Crippen LogP contribution is -2.16. The van der Waals surface area contributed by atoms with Gasteiger partial charge in [-0.2, -0.15) is 5.26 Å². The number of anilines is 1. The fourth-order valence-corrected chi connectivity index (χ4v) is 3.81. The molecule has 0 unspecified atom stereocenters. The van der Waals surface area contributed by atoms with Crippen molar-refractivity contribution < 1.29 is 17.9 Å². The van der Waals surface area contributed by atoms with E-state index in [9.17, 15) is 13.2 Å². The van der Waals surface area contributed by atoms with Crippen LogP contribution in [0.3, 0.4) is 0 Å². The lowest BCUT2D eigenvalue weighted by Gasteiger charge is -2.15. The van der Waals surface area contributed by atoms with Crippen molar-refractivity contribution in [1.29, 1.82) is 5.26 Å². The number of rotatable bonds is 6. The third-order valence-corrected chi connectivity index (χ3v) is 6.04. The average molecular weight is 470 g/mol. The van der Waals surface area contributed by atoms with E-state index in [-0.39, 0.29) is 17.2 Å². The van der Waals surface area contributed by atoms with Crippen LogP contribution < -0.4 is 15.2 Å². The van der Waals surface area contributed by atoms with Crippen LogP contribution in [-0.2, 0) is 21.2 Å². The monoisotopic (exact) mass is 469 g/mol. The number of hydrogen-bond acceptors (Lipinski definition) is 5. The molecule has 3 rings (SSSR count). The number of nitriles is 1. The summed E-state index contributed by atoms with van der Waals surface area (Å²) in [6.07, 6.45) is 0.125. The molecule has 0 aliphatic rings. The largest absolute Gasteiger partial charge is 0.457 e. The minimum atomic E-state index is -3.79. The maximum Gasteiger partial charge on any atom is 0.238 e. The second kappa shape index (κ2) is 9.40. The average Bonchev–Trinajstić information content (AvgIpc) is 2.73. The van der Waals surface area contributed by atoms with Crippen LogP contribution in [0.1, 0.15) is 22.3 Å². The van der Waals surface area contributed by atoms with Crippen LogP contribution in [0.15, 0.2) is 59.5 Å². The van der Waals surface area contributed by atoms with Gasteiger partial charge in [0.1, 0.15) is 11.5 Å². The molecule has 0 spiro atoms. The van der Waals surface area contributed by atoms with Crippen LogP contribution in [-0.4, -0.2) is 14.3 Å². The van der Waals surface area contributed by atoms with Gasteiger partial charge in [0.05, 0.1) is 22.9 Å². The summed E-state index contributed by atoms with van der Waals surface area (Å²) in [4.78, 5) is 12.5. The first-order valence-corrected chi connectivity index (χ1v) is 11.4. The molecule has 3 aromatic carbocycles. The molecular weight excluding hydrogens is 450 g/mol. The number of amides is 1. The van der Waals surface area contributed by atoms with Gasteiger partial charge in [-0.15, -0.1) is 0 Å². The molecule has 0 radical (unpaired) electrons. The van der Waals surface area contributed by atoms with Gasteiger partial charge in [0.15, 0.2) is 0 Å². The number of primary sulfonamides is 1. The van der Waals surface area contributed by atoms with Crippen molar-refractivity contribution in [2.24, 2.45) is 5.14 Å². The summed E-state index contributed by atoms with van der Waals surface area (Å²) >= 11 is 6.03. The van der Waals surface area contributed by atoms with Crippen LogP contribution in [0.4, 0.5) is 5.69 Å². The van der Waals surface area contributed by atoms with E-state index in [1.54, 1.807) is 30.3 Å². The Labute approximate surface area is 191 Å². The van der Waals surface area contributed by atoms with Crippen LogP contribution >= 0.6 is 11.6 Å². The second-order valence-electron chi connectivity index (χ2n) is 7.16. The summed E-state index contributed by atoms with van der Waals surface area (Å²) in [7, 11) is -3.79. The summed E-state index contributed by atoms with van der Waals surface area (Å²) in [5.41, 5.74) is 3.42. The molecule has 1 amide bonds. The van der Waals surface area contributed by atoms with Crippen molar-refractivity contribution in [3.05, 3.63) is 81.9 Å². The Morgan fingerprint density at radius 1 is 1.09 bits per heavy atom.